The molecule has 0 atom stereocenters. The third-order valence-corrected chi connectivity index (χ3v) is 4.57. The number of fused-ring (bicyclic) bond motifs is 2. The van der Waals surface area contributed by atoms with E-state index in [0.29, 0.717) is 25.1 Å². The summed E-state index contributed by atoms with van der Waals surface area (Å²) in [5.74, 6) is -0.343. The van der Waals surface area contributed by atoms with Crippen molar-refractivity contribution in [1.82, 2.24) is 10.2 Å². The summed E-state index contributed by atoms with van der Waals surface area (Å²) in [4.78, 5) is 25.5. The highest BCUT2D eigenvalue weighted by atomic mass is 19.1. The van der Waals surface area contributed by atoms with Crippen LogP contribution < -0.4 is 5.32 Å². The average molecular weight is 276 g/mol. The van der Waals surface area contributed by atoms with E-state index in [1.54, 1.807) is 18.0 Å². The van der Waals surface area contributed by atoms with Crippen molar-refractivity contribution in [3.8, 4) is 0 Å². The van der Waals surface area contributed by atoms with Crippen LogP contribution in [0.2, 0.25) is 0 Å². The Morgan fingerprint density at radius 1 is 1.35 bits per heavy atom. The fourth-order valence-electron chi connectivity index (χ4n) is 3.45. The van der Waals surface area contributed by atoms with Gasteiger partial charge in [0.15, 0.2) is 5.78 Å². The zero-order valence-electron chi connectivity index (χ0n) is 11.4. The van der Waals surface area contributed by atoms with Crippen molar-refractivity contribution >= 4 is 11.8 Å². The lowest BCUT2D eigenvalue weighted by atomic mass is 9.74. The number of nitrogens with zero attached hydrogens (tertiary/aromatic N) is 1. The maximum absolute atomic E-state index is 13.3. The molecule has 1 aliphatic carbocycles. The minimum atomic E-state index is -0.364. The molecule has 0 aromatic heterocycles. The van der Waals surface area contributed by atoms with E-state index < -0.39 is 0 Å². The molecule has 1 aromatic rings. The first-order valence-corrected chi connectivity index (χ1v) is 6.86. The van der Waals surface area contributed by atoms with Gasteiger partial charge >= 0.3 is 6.03 Å². The normalized spacial score (nSPS) is 20.1. The van der Waals surface area contributed by atoms with E-state index in [1.807, 2.05) is 0 Å². The number of likely N-dealkylation sites (tertiary alicyclic amines) is 1. The van der Waals surface area contributed by atoms with E-state index in [-0.39, 0.29) is 23.0 Å². The fraction of sp³-hybridized carbons (Fsp3) is 0.467. The number of amides is 2. The highest BCUT2D eigenvalue weighted by Gasteiger charge is 2.45. The molecule has 1 aromatic carbocycles. The molecule has 5 heteroatoms. The number of carbonyl (C=O) groups is 2. The number of urea groups is 1. The van der Waals surface area contributed by atoms with Gasteiger partial charge < -0.3 is 10.2 Å². The summed E-state index contributed by atoms with van der Waals surface area (Å²) < 4.78 is 13.3. The first kappa shape index (κ1) is 13.1. The zero-order valence-corrected chi connectivity index (χ0v) is 11.4. The van der Waals surface area contributed by atoms with E-state index in [0.717, 1.165) is 18.4 Å². The summed E-state index contributed by atoms with van der Waals surface area (Å²) in [5, 5.41) is 2.62. The Kier molecular flexibility index (Phi) is 3.00. The Labute approximate surface area is 117 Å². The van der Waals surface area contributed by atoms with Crippen LogP contribution in [0.1, 0.15) is 35.2 Å². The first-order valence-electron chi connectivity index (χ1n) is 6.86. The number of nitrogens with one attached hydrogen (secondary N) is 1. The van der Waals surface area contributed by atoms with Crippen LogP contribution in [-0.2, 0) is 5.41 Å². The maximum Gasteiger partial charge on any atom is 0.317 e. The number of halogens is 1. The van der Waals surface area contributed by atoms with Crippen LogP contribution >= 0.6 is 0 Å². The second-order valence-electron chi connectivity index (χ2n) is 5.61. The molecule has 1 heterocycles. The average Bonchev–Trinajstić information content (AvgIpc) is 2.71. The number of carbonyl (C=O) groups excluding carboxylic acids is 2. The van der Waals surface area contributed by atoms with Crippen LogP contribution in [-0.4, -0.2) is 36.9 Å². The molecule has 0 bridgehead atoms. The van der Waals surface area contributed by atoms with E-state index in [2.05, 4.69) is 5.32 Å². The number of ketones is 1. The number of benzene rings is 1. The molecule has 0 radical (unpaired) electrons. The molecule has 20 heavy (non-hydrogen) atoms. The van der Waals surface area contributed by atoms with Gasteiger partial charge in [0, 0.05) is 37.5 Å². The summed E-state index contributed by atoms with van der Waals surface area (Å²) in [6.07, 6.45) is 1.95. The van der Waals surface area contributed by atoms with Crippen molar-refractivity contribution in [1.29, 1.82) is 0 Å². The number of rotatable bonds is 0. The minimum absolute atomic E-state index is 0.0212. The number of Topliss-reactive ketones (excluding diaryl/α,β-unsaturated/α-hetero) is 1. The van der Waals surface area contributed by atoms with Gasteiger partial charge in [-0.15, -0.1) is 0 Å². The van der Waals surface area contributed by atoms with Crippen LogP contribution in [0.15, 0.2) is 18.2 Å². The lowest BCUT2D eigenvalue weighted by Crippen LogP contribution is -2.47. The molecule has 1 spiro atoms. The molecular weight excluding hydrogens is 259 g/mol. The van der Waals surface area contributed by atoms with E-state index in [9.17, 15) is 14.0 Å². The summed E-state index contributed by atoms with van der Waals surface area (Å²) in [6.45, 7) is 1.26. The molecule has 1 N–H and O–H groups in total. The topological polar surface area (TPSA) is 49.4 Å². The van der Waals surface area contributed by atoms with Crippen LogP contribution in [0.3, 0.4) is 0 Å². The van der Waals surface area contributed by atoms with Crippen LogP contribution in [0.25, 0.3) is 0 Å². The van der Waals surface area contributed by atoms with Gasteiger partial charge in [0.25, 0.3) is 0 Å². The number of piperidine rings is 1. The molecule has 4 nitrogen and oxygen atoms in total. The third-order valence-electron chi connectivity index (χ3n) is 4.57. The predicted molar refractivity (Wildman–Crippen MR) is 72.3 cm³/mol. The predicted octanol–water partition coefficient (Wildman–Crippen LogP) is 2.09. The van der Waals surface area contributed by atoms with Gasteiger partial charge in [-0.05, 0) is 30.5 Å². The summed E-state index contributed by atoms with van der Waals surface area (Å²) >= 11 is 0. The smallest absolute Gasteiger partial charge is 0.317 e. The van der Waals surface area contributed by atoms with Crippen molar-refractivity contribution in [3.63, 3.8) is 0 Å². The third kappa shape index (κ3) is 1.88. The van der Waals surface area contributed by atoms with Crippen LogP contribution in [0.4, 0.5) is 9.18 Å². The van der Waals surface area contributed by atoms with Gasteiger partial charge in [-0.3, -0.25) is 4.79 Å². The Bertz CT molecular complexity index is 577. The molecule has 106 valence electrons. The quantitative estimate of drug-likeness (QED) is 0.788. The molecule has 2 amide bonds. The molecule has 3 rings (SSSR count). The zero-order chi connectivity index (χ0) is 14.3. The molecule has 0 saturated carbocycles. The van der Waals surface area contributed by atoms with E-state index in [1.165, 1.54) is 12.1 Å². The van der Waals surface area contributed by atoms with Gasteiger partial charge in [0.05, 0.1) is 0 Å². The summed E-state index contributed by atoms with van der Waals surface area (Å²) in [7, 11) is 1.61. The summed E-state index contributed by atoms with van der Waals surface area (Å²) in [6, 6.07) is 4.43. The lowest BCUT2D eigenvalue weighted by molar-refractivity contribution is 0.0947. The minimum Gasteiger partial charge on any atom is -0.341 e. The highest BCUT2D eigenvalue weighted by molar-refractivity contribution is 6.02. The van der Waals surface area contributed by atoms with Gasteiger partial charge in [0.1, 0.15) is 5.82 Å². The van der Waals surface area contributed by atoms with Gasteiger partial charge in [-0.25, -0.2) is 9.18 Å². The van der Waals surface area contributed by atoms with Crippen molar-refractivity contribution in [2.75, 3.05) is 20.1 Å². The number of hydrogen-bond acceptors (Lipinski definition) is 2. The Morgan fingerprint density at radius 3 is 2.70 bits per heavy atom. The fourth-order valence-corrected chi connectivity index (χ4v) is 3.45. The van der Waals surface area contributed by atoms with Crippen molar-refractivity contribution in [3.05, 3.63) is 35.1 Å². The van der Waals surface area contributed by atoms with Crippen molar-refractivity contribution in [2.45, 2.75) is 24.7 Å². The van der Waals surface area contributed by atoms with Crippen molar-refractivity contribution in [2.24, 2.45) is 0 Å². The lowest BCUT2D eigenvalue weighted by Gasteiger charge is -2.39. The largest absolute Gasteiger partial charge is 0.341 e. The van der Waals surface area contributed by atoms with Crippen LogP contribution in [0, 0.1) is 5.82 Å². The SMILES string of the molecule is CNC(=O)N1CCC2(CC1)CC(=O)c1cc(F)ccc12. The maximum atomic E-state index is 13.3. The standard InChI is InChI=1S/C15H17FN2O2/c1-17-14(20)18-6-4-15(5-7-18)9-13(19)11-8-10(16)2-3-12(11)15/h2-3,8H,4-7,9H2,1H3,(H,17,20). The van der Waals surface area contributed by atoms with E-state index in [4.69, 9.17) is 0 Å². The Morgan fingerprint density at radius 2 is 2.05 bits per heavy atom. The Balaban J connectivity index is 1.87. The molecule has 0 unspecified atom stereocenters. The molecular formula is C15H17FN2O2. The first-order chi connectivity index (χ1) is 9.55. The second-order valence-corrected chi connectivity index (χ2v) is 5.61. The number of hydrogen-bond donors (Lipinski definition) is 1. The van der Waals surface area contributed by atoms with Crippen molar-refractivity contribution < 1.29 is 14.0 Å². The second kappa shape index (κ2) is 4.58. The molecule has 2 aliphatic rings. The molecule has 1 aliphatic heterocycles. The van der Waals surface area contributed by atoms with Gasteiger partial charge in [-0.1, -0.05) is 6.07 Å². The van der Waals surface area contributed by atoms with Gasteiger partial charge in [-0.2, -0.15) is 0 Å². The summed E-state index contributed by atoms with van der Waals surface area (Å²) in [5.41, 5.74) is 1.28. The highest BCUT2D eigenvalue weighted by Crippen LogP contribution is 2.46. The molecule has 1 fully saturated rings. The Hall–Kier alpha value is -1.91. The van der Waals surface area contributed by atoms with Gasteiger partial charge in [0.2, 0.25) is 0 Å². The molecule has 1 saturated heterocycles. The monoisotopic (exact) mass is 276 g/mol. The van der Waals surface area contributed by atoms with Crippen LogP contribution in [0.5, 0.6) is 0 Å². The van der Waals surface area contributed by atoms with E-state index >= 15 is 0 Å².